The number of benzene rings is 1. The van der Waals surface area contributed by atoms with Crippen LogP contribution in [0.1, 0.15) is 60.2 Å². The van der Waals surface area contributed by atoms with Gasteiger partial charge in [-0.2, -0.15) is 0 Å². The van der Waals surface area contributed by atoms with Crippen molar-refractivity contribution in [1.82, 2.24) is 4.90 Å². The zero-order valence-corrected chi connectivity index (χ0v) is 17.4. The number of carbonyl (C=O) groups excluding carboxylic acids is 4. The van der Waals surface area contributed by atoms with E-state index in [9.17, 15) is 19.2 Å². The predicted octanol–water partition coefficient (Wildman–Crippen LogP) is 2.63. The third-order valence-corrected chi connectivity index (χ3v) is 5.25. The zero-order chi connectivity index (χ0) is 21.7. The highest BCUT2D eigenvalue weighted by Crippen LogP contribution is 2.32. The minimum atomic E-state index is -0.585. The Balaban J connectivity index is 1.74. The lowest BCUT2D eigenvalue weighted by Gasteiger charge is -2.32. The molecule has 0 radical (unpaired) electrons. The molecule has 3 rings (SSSR count). The highest BCUT2D eigenvalue weighted by atomic mass is 16.5. The Bertz CT molecular complexity index is 797. The van der Waals surface area contributed by atoms with E-state index in [1.165, 1.54) is 18.2 Å². The molecule has 0 spiro atoms. The van der Waals surface area contributed by atoms with E-state index in [4.69, 9.17) is 9.47 Å². The van der Waals surface area contributed by atoms with Crippen molar-refractivity contribution in [1.29, 1.82) is 0 Å². The number of ether oxygens (including phenoxy) is 2. The first kappa shape index (κ1) is 21.8. The third kappa shape index (κ3) is 5.37. The summed E-state index contributed by atoms with van der Waals surface area (Å²) in [5.41, 5.74) is 0.637. The fraction of sp³-hybridized carbons (Fsp3) is 0.545. The zero-order valence-electron chi connectivity index (χ0n) is 17.4. The summed E-state index contributed by atoms with van der Waals surface area (Å²) in [7, 11) is 0. The predicted molar refractivity (Wildman–Crippen MR) is 109 cm³/mol. The van der Waals surface area contributed by atoms with Crippen molar-refractivity contribution < 1.29 is 28.7 Å². The minimum absolute atomic E-state index is 0.125. The van der Waals surface area contributed by atoms with Crippen molar-refractivity contribution in [2.45, 2.75) is 39.5 Å². The van der Waals surface area contributed by atoms with Crippen LogP contribution in [0.5, 0.6) is 0 Å². The van der Waals surface area contributed by atoms with E-state index >= 15 is 0 Å². The van der Waals surface area contributed by atoms with Gasteiger partial charge >= 0.3 is 11.9 Å². The van der Waals surface area contributed by atoms with Gasteiger partial charge in [0.05, 0.1) is 30.3 Å². The van der Waals surface area contributed by atoms with Crippen molar-refractivity contribution in [3.05, 3.63) is 29.3 Å². The quantitative estimate of drug-likeness (QED) is 0.686. The van der Waals surface area contributed by atoms with Gasteiger partial charge in [-0.3, -0.25) is 9.59 Å². The maximum atomic E-state index is 12.9. The summed E-state index contributed by atoms with van der Waals surface area (Å²) in [5, 5.41) is 2.80. The highest BCUT2D eigenvalue weighted by Gasteiger charge is 2.36. The van der Waals surface area contributed by atoms with Crippen LogP contribution in [-0.4, -0.2) is 55.0 Å². The molecule has 1 aliphatic heterocycles. The number of nitrogens with one attached hydrogen (secondary N) is 1. The van der Waals surface area contributed by atoms with Crippen LogP contribution in [-0.2, 0) is 19.1 Å². The largest absolute Gasteiger partial charge is 0.462 e. The van der Waals surface area contributed by atoms with E-state index < -0.39 is 11.9 Å². The summed E-state index contributed by atoms with van der Waals surface area (Å²) in [5.74, 6) is -1.48. The van der Waals surface area contributed by atoms with Crippen LogP contribution in [0.4, 0.5) is 5.69 Å². The summed E-state index contributed by atoms with van der Waals surface area (Å²) in [6, 6.07) is 4.35. The van der Waals surface area contributed by atoms with E-state index in [0.717, 1.165) is 19.3 Å². The van der Waals surface area contributed by atoms with E-state index in [1.54, 1.807) is 18.7 Å². The molecule has 1 aromatic carbocycles. The van der Waals surface area contributed by atoms with Crippen molar-refractivity contribution >= 4 is 29.4 Å². The summed E-state index contributed by atoms with van der Waals surface area (Å²) in [6.07, 6.45) is 3.32. The number of carbonyl (C=O) groups is 4. The molecule has 2 aliphatic rings. The molecule has 8 nitrogen and oxygen atoms in total. The lowest BCUT2D eigenvalue weighted by molar-refractivity contribution is -0.135. The first-order chi connectivity index (χ1) is 14.4. The van der Waals surface area contributed by atoms with Gasteiger partial charge in [-0.15, -0.1) is 0 Å². The summed E-state index contributed by atoms with van der Waals surface area (Å²) < 4.78 is 10.0. The number of rotatable bonds is 7. The normalized spacial score (nSPS) is 18.5. The highest BCUT2D eigenvalue weighted by molar-refractivity contribution is 6.00. The number of likely N-dealkylation sites (tertiary alicyclic amines) is 1. The number of hydrogen-bond donors (Lipinski definition) is 1. The molecule has 30 heavy (non-hydrogen) atoms. The van der Waals surface area contributed by atoms with Crippen LogP contribution in [0.2, 0.25) is 0 Å². The van der Waals surface area contributed by atoms with Gasteiger partial charge < -0.3 is 19.7 Å². The van der Waals surface area contributed by atoms with E-state index in [2.05, 4.69) is 5.32 Å². The molecule has 2 amide bonds. The molecule has 0 aromatic heterocycles. The van der Waals surface area contributed by atoms with Crippen LogP contribution in [0.15, 0.2) is 18.2 Å². The Kier molecular flexibility index (Phi) is 7.07. The summed E-state index contributed by atoms with van der Waals surface area (Å²) >= 11 is 0. The molecule has 1 unspecified atom stereocenters. The number of piperidine rings is 1. The molecule has 1 N–H and O–H groups in total. The topological polar surface area (TPSA) is 102 Å². The Labute approximate surface area is 175 Å². The monoisotopic (exact) mass is 416 g/mol. The number of anilines is 1. The van der Waals surface area contributed by atoms with Crippen molar-refractivity contribution in [2.24, 2.45) is 11.8 Å². The van der Waals surface area contributed by atoms with Crippen LogP contribution in [0.3, 0.4) is 0 Å². The van der Waals surface area contributed by atoms with Gasteiger partial charge in [0.1, 0.15) is 0 Å². The van der Waals surface area contributed by atoms with Crippen LogP contribution in [0.25, 0.3) is 0 Å². The lowest BCUT2D eigenvalue weighted by atomic mass is 9.96. The SMILES string of the molecule is CCOC(=O)c1cc(NC(=O)C2CCCN(C(=O)C3CC3)C2)cc(C(=O)OCC)c1. The molecular weight excluding hydrogens is 388 g/mol. The average molecular weight is 416 g/mol. The lowest BCUT2D eigenvalue weighted by Crippen LogP contribution is -2.44. The maximum absolute atomic E-state index is 12.9. The second-order valence-corrected chi connectivity index (χ2v) is 7.63. The fourth-order valence-electron chi connectivity index (χ4n) is 3.59. The summed E-state index contributed by atoms with van der Waals surface area (Å²) in [6.45, 7) is 4.84. The van der Waals surface area contributed by atoms with Gasteiger partial charge in [-0.05, 0) is 57.7 Å². The van der Waals surface area contributed by atoms with Gasteiger partial charge in [-0.1, -0.05) is 0 Å². The molecule has 2 fully saturated rings. The van der Waals surface area contributed by atoms with E-state index in [1.807, 2.05) is 0 Å². The summed E-state index contributed by atoms with van der Waals surface area (Å²) in [4.78, 5) is 51.3. The van der Waals surface area contributed by atoms with Crippen molar-refractivity contribution in [3.63, 3.8) is 0 Å². The van der Waals surface area contributed by atoms with Crippen LogP contribution in [0, 0.1) is 11.8 Å². The van der Waals surface area contributed by atoms with Crippen LogP contribution >= 0.6 is 0 Å². The smallest absolute Gasteiger partial charge is 0.338 e. The molecular formula is C22H28N2O6. The number of esters is 2. The first-order valence-corrected chi connectivity index (χ1v) is 10.5. The van der Waals surface area contributed by atoms with Gasteiger partial charge in [0.2, 0.25) is 11.8 Å². The number of amides is 2. The van der Waals surface area contributed by atoms with Crippen molar-refractivity contribution in [3.8, 4) is 0 Å². The molecule has 1 atom stereocenters. The van der Waals surface area contributed by atoms with Crippen LogP contribution < -0.4 is 5.32 Å². The van der Waals surface area contributed by atoms with Gasteiger partial charge in [0.25, 0.3) is 0 Å². The maximum Gasteiger partial charge on any atom is 0.338 e. The molecule has 1 saturated heterocycles. The molecule has 1 saturated carbocycles. The molecule has 1 heterocycles. The molecule has 1 aliphatic carbocycles. The minimum Gasteiger partial charge on any atom is -0.462 e. The number of hydrogen-bond acceptors (Lipinski definition) is 6. The fourth-order valence-corrected chi connectivity index (χ4v) is 3.59. The molecule has 162 valence electrons. The Hall–Kier alpha value is -2.90. The molecule has 8 heteroatoms. The molecule has 0 bridgehead atoms. The van der Waals surface area contributed by atoms with E-state index in [0.29, 0.717) is 25.2 Å². The second kappa shape index (κ2) is 9.73. The van der Waals surface area contributed by atoms with Gasteiger partial charge in [-0.25, -0.2) is 9.59 Å². The van der Waals surface area contributed by atoms with E-state index in [-0.39, 0.29) is 48.0 Å². The number of nitrogens with zero attached hydrogens (tertiary/aromatic N) is 1. The first-order valence-electron chi connectivity index (χ1n) is 10.5. The Morgan fingerprint density at radius 1 is 0.933 bits per heavy atom. The average Bonchev–Trinajstić information content (AvgIpc) is 3.59. The van der Waals surface area contributed by atoms with Gasteiger partial charge in [0, 0.05) is 24.7 Å². The third-order valence-electron chi connectivity index (χ3n) is 5.25. The molecule has 1 aromatic rings. The standard InChI is InChI=1S/C22H28N2O6/c1-3-29-21(27)16-10-17(22(28)30-4-2)12-18(11-16)23-19(25)15-6-5-9-24(13-15)20(26)14-7-8-14/h10-12,14-15H,3-9,13H2,1-2H3,(H,23,25). The van der Waals surface area contributed by atoms with Crippen molar-refractivity contribution in [2.75, 3.05) is 31.6 Å². The Morgan fingerprint density at radius 2 is 1.53 bits per heavy atom. The Morgan fingerprint density at radius 3 is 2.07 bits per heavy atom. The second-order valence-electron chi connectivity index (χ2n) is 7.63. The van der Waals surface area contributed by atoms with Gasteiger partial charge in [0.15, 0.2) is 0 Å².